The highest BCUT2D eigenvalue weighted by atomic mass is 79.9. The zero-order chi connectivity index (χ0) is 19.7. The van der Waals surface area contributed by atoms with Crippen molar-refractivity contribution in [1.29, 1.82) is 0 Å². The Hall–Kier alpha value is -2.16. The SMILES string of the molecule is Cc1nnc(SCc2c(C(=O)Nc3ccc(C)c(Br)c3)oc3ccccc23)s1. The van der Waals surface area contributed by atoms with Crippen LogP contribution in [0.3, 0.4) is 0 Å². The highest BCUT2D eigenvalue weighted by Gasteiger charge is 2.21. The lowest BCUT2D eigenvalue weighted by Crippen LogP contribution is -2.12. The van der Waals surface area contributed by atoms with Crippen LogP contribution >= 0.6 is 39.0 Å². The summed E-state index contributed by atoms with van der Waals surface area (Å²) in [6.07, 6.45) is 0. The Morgan fingerprint density at radius 3 is 2.79 bits per heavy atom. The van der Waals surface area contributed by atoms with E-state index in [1.807, 2.05) is 56.3 Å². The van der Waals surface area contributed by atoms with Gasteiger partial charge >= 0.3 is 0 Å². The molecule has 0 fully saturated rings. The third-order valence-corrected chi connectivity index (χ3v) is 7.03. The molecule has 0 saturated heterocycles. The van der Waals surface area contributed by atoms with E-state index in [4.69, 9.17) is 4.42 Å². The summed E-state index contributed by atoms with van der Waals surface area (Å²) in [5.74, 6) is 0.633. The number of anilines is 1. The number of para-hydroxylation sites is 1. The molecule has 0 aliphatic rings. The maximum absolute atomic E-state index is 13.0. The Morgan fingerprint density at radius 2 is 2.04 bits per heavy atom. The molecule has 0 radical (unpaired) electrons. The van der Waals surface area contributed by atoms with E-state index in [2.05, 4.69) is 31.4 Å². The molecule has 0 saturated carbocycles. The molecule has 2 aromatic heterocycles. The van der Waals surface area contributed by atoms with Crippen molar-refractivity contribution in [2.45, 2.75) is 23.9 Å². The fourth-order valence-corrected chi connectivity index (χ4v) is 4.98. The molecule has 142 valence electrons. The number of aryl methyl sites for hydroxylation is 2. The summed E-state index contributed by atoms with van der Waals surface area (Å²) in [6, 6.07) is 13.4. The van der Waals surface area contributed by atoms with Gasteiger partial charge in [-0.15, -0.1) is 10.2 Å². The number of furan rings is 1. The van der Waals surface area contributed by atoms with Crippen molar-refractivity contribution in [2.24, 2.45) is 0 Å². The van der Waals surface area contributed by atoms with Gasteiger partial charge in [-0.05, 0) is 37.6 Å². The van der Waals surface area contributed by atoms with Crippen LogP contribution in [0.2, 0.25) is 0 Å². The van der Waals surface area contributed by atoms with Gasteiger partial charge in [0.2, 0.25) is 0 Å². The number of hydrogen-bond acceptors (Lipinski definition) is 6. The molecule has 5 nitrogen and oxygen atoms in total. The average molecular weight is 474 g/mol. The van der Waals surface area contributed by atoms with E-state index in [-0.39, 0.29) is 5.91 Å². The van der Waals surface area contributed by atoms with E-state index >= 15 is 0 Å². The molecule has 0 aliphatic carbocycles. The molecule has 2 aromatic carbocycles. The van der Waals surface area contributed by atoms with E-state index in [9.17, 15) is 4.79 Å². The largest absolute Gasteiger partial charge is 0.451 e. The minimum atomic E-state index is -0.268. The second-order valence-corrected chi connectivity index (χ2v) is 9.46. The first-order valence-electron chi connectivity index (χ1n) is 8.52. The molecular formula is C20H16BrN3O2S2. The number of nitrogens with one attached hydrogen (secondary N) is 1. The van der Waals surface area contributed by atoms with Crippen molar-refractivity contribution in [3.05, 3.63) is 68.8 Å². The topological polar surface area (TPSA) is 68.0 Å². The van der Waals surface area contributed by atoms with Crippen molar-refractivity contribution in [2.75, 3.05) is 5.32 Å². The Bertz CT molecular complexity index is 1170. The van der Waals surface area contributed by atoms with Gasteiger partial charge in [0.05, 0.1) is 0 Å². The van der Waals surface area contributed by atoms with Crippen LogP contribution in [0.5, 0.6) is 0 Å². The number of thioether (sulfide) groups is 1. The second kappa shape index (κ2) is 8.06. The molecule has 0 atom stereocenters. The van der Waals surface area contributed by atoms with Gasteiger partial charge in [0.15, 0.2) is 10.1 Å². The van der Waals surface area contributed by atoms with Crippen LogP contribution in [-0.4, -0.2) is 16.1 Å². The van der Waals surface area contributed by atoms with Gasteiger partial charge < -0.3 is 9.73 Å². The average Bonchev–Trinajstić information content (AvgIpc) is 3.26. The van der Waals surface area contributed by atoms with Crippen LogP contribution < -0.4 is 5.32 Å². The predicted octanol–water partition coefficient (Wildman–Crippen LogP) is 6.21. The Kier molecular flexibility index (Phi) is 5.52. The van der Waals surface area contributed by atoms with Crippen LogP contribution in [0.1, 0.15) is 26.7 Å². The van der Waals surface area contributed by atoms with Gasteiger partial charge in [0, 0.05) is 26.9 Å². The predicted molar refractivity (Wildman–Crippen MR) is 117 cm³/mol. The molecule has 1 N–H and O–H groups in total. The van der Waals surface area contributed by atoms with Crippen molar-refractivity contribution in [3.63, 3.8) is 0 Å². The smallest absolute Gasteiger partial charge is 0.291 e. The van der Waals surface area contributed by atoms with Crippen LogP contribution in [0.4, 0.5) is 5.69 Å². The highest BCUT2D eigenvalue weighted by Crippen LogP contribution is 2.33. The number of hydrogen-bond donors (Lipinski definition) is 1. The molecule has 0 spiro atoms. The zero-order valence-corrected chi connectivity index (χ0v) is 18.4. The summed E-state index contributed by atoms with van der Waals surface area (Å²) in [7, 11) is 0. The summed E-state index contributed by atoms with van der Waals surface area (Å²) >= 11 is 6.59. The number of rotatable bonds is 5. The number of fused-ring (bicyclic) bond motifs is 1. The maximum Gasteiger partial charge on any atom is 0.291 e. The lowest BCUT2D eigenvalue weighted by atomic mass is 10.1. The molecule has 0 unspecified atom stereocenters. The summed E-state index contributed by atoms with van der Waals surface area (Å²) in [6.45, 7) is 3.92. The number of halogens is 1. The fourth-order valence-electron chi connectivity index (χ4n) is 2.75. The van der Waals surface area contributed by atoms with Crippen molar-refractivity contribution in [1.82, 2.24) is 10.2 Å². The first kappa shape index (κ1) is 19.2. The molecule has 0 aliphatic heterocycles. The number of aromatic nitrogens is 2. The van der Waals surface area contributed by atoms with Gasteiger partial charge in [-0.3, -0.25) is 4.79 Å². The Morgan fingerprint density at radius 1 is 1.21 bits per heavy atom. The van der Waals surface area contributed by atoms with Gasteiger partial charge in [-0.25, -0.2) is 0 Å². The minimum absolute atomic E-state index is 0.268. The van der Waals surface area contributed by atoms with Crippen molar-refractivity contribution < 1.29 is 9.21 Å². The van der Waals surface area contributed by atoms with E-state index < -0.39 is 0 Å². The van der Waals surface area contributed by atoms with Crippen molar-refractivity contribution >= 4 is 61.6 Å². The third kappa shape index (κ3) is 3.99. The third-order valence-electron chi connectivity index (χ3n) is 4.18. The van der Waals surface area contributed by atoms with Crippen molar-refractivity contribution in [3.8, 4) is 0 Å². The number of nitrogens with zero attached hydrogens (tertiary/aromatic N) is 2. The first-order valence-corrected chi connectivity index (χ1v) is 11.1. The minimum Gasteiger partial charge on any atom is -0.451 e. The molecule has 0 bridgehead atoms. The molecule has 4 rings (SSSR count). The van der Waals surface area contributed by atoms with Crippen LogP contribution in [0.15, 0.2) is 55.7 Å². The molecule has 2 heterocycles. The fraction of sp³-hybridized carbons (Fsp3) is 0.150. The van der Waals surface area contributed by atoms with E-state index in [0.29, 0.717) is 22.8 Å². The second-order valence-electron chi connectivity index (χ2n) is 6.20. The molecule has 1 amide bonds. The maximum atomic E-state index is 13.0. The van der Waals surface area contributed by atoms with Gasteiger partial charge in [0.1, 0.15) is 10.6 Å². The van der Waals surface area contributed by atoms with Crippen LogP contribution in [0, 0.1) is 13.8 Å². The number of benzene rings is 2. The Balaban J connectivity index is 1.65. The van der Waals surface area contributed by atoms with Crippen LogP contribution in [0.25, 0.3) is 11.0 Å². The lowest BCUT2D eigenvalue weighted by Gasteiger charge is -2.07. The van der Waals surface area contributed by atoms with Crippen LogP contribution in [-0.2, 0) is 5.75 Å². The first-order chi connectivity index (χ1) is 13.5. The standard InChI is InChI=1S/C20H16BrN3O2S2/c1-11-7-8-13(9-16(11)21)22-19(25)18-15(10-27-20-24-23-12(2)28-20)14-5-3-4-6-17(14)26-18/h3-9H,10H2,1-2H3,(H,22,25). The summed E-state index contributed by atoms with van der Waals surface area (Å²) in [5.41, 5.74) is 3.37. The quantitative estimate of drug-likeness (QED) is 0.349. The zero-order valence-electron chi connectivity index (χ0n) is 15.2. The summed E-state index contributed by atoms with van der Waals surface area (Å²) < 4.78 is 7.72. The highest BCUT2D eigenvalue weighted by molar-refractivity contribution is 9.10. The molecule has 8 heteroatoms. The van der Waals surface area contributed by atoms with Gasteiger partial charge in [-0.1, -0.05) is 63.3 Å². The number of carbonyl (C=O) groups excluding carboxylic acids is 1. The molecule has 4 aromatic rings. The number of carbonyl (C=O) groups is 1. The van der Waals surface area contributed by atoms with E-state index in [1.165, 1.54) is 11.3 Å². The lowest BCUT2D eigenvalue weighted by molar-refractivity contribution is 0.0998. The Labute approximate surface area is 178 Å². The summed E-state index contributed by atoms with van der Waals surface area (Å²) in [4.78, 5) is 13.0. The molecular weight excluding hydrogens is 458 g/mol. The molecule has 28 heavy (non-hydrogen) atoms. The monoisotopic (exact) mass is 473 g/mol. The summed E-state index contributed by atoms with van der Waals surface area (Å²) in [5, 5.41) is 13.0. The normalized spacial score (nSPS) is 11.1. The number of amides is 1. The van der Waals surface area contributed by atoms with E-state index in [0.717, 1.165) is 30.3 Å². The van der Waals surface area contributed by atoms with Gasteiger partial charge in [0.25, 0.3) is 5.91 Å². The van der Waals surface area contributed by atoms with Gasteiger partial charge in [-0.2, -0.15) is 0 Å². The van der Waals surface area contributed by atoms with E-state index in [1.54, 1.807) is 11.8 Å².